The highest BCUT2D eigenvalue weighted by molar-refractivity contribution is 5.75. The lowest BCUT2D eigenvalue weighted by Crippen LogP contribution is -2.39. The van der Waals surface area contributed by atoms with Crippen molar-refractivity contribution in [3.05, 3.63) is 12.2 Å². The fourth-order valence-corrected chi connectivity index (χ4v) is 5.43. The van der Waals surface area contributed by atoms with Gasteiger partial charge in [0.05, 0.1) is 5.41 Å². The summed E-state index contributed by atoms with van der Waals surface area (Å²) in [5.41, 5.74) is 5.52. The van der Waals surface area contributed by atoms with Gasteiger partial charge in [-0.2, -0.15) is 0 Å². The number of hydrogen-bond donors (Lipinski definition) is 1. The van der Waals surface area contributed by atoms with E-state index in [4.69, 9.17) is 15.2 Å². The fraction of sp³-hybridized carbons (Fsp3) is 0.889. The standard InChI is InChI=1S/C36H70N2O4/c1-11-12-13-14-15-19-29(2)20-16-21-30(3)23-24-32(42-33(39)22-17-26-38(9)10)31(4)28-36(8,37)25-18-27-41-34(40)35(5,6)7/h18,25,29-32H,11-17,19-24,26-28,37H2,1-10H3/b25-18+. The molecule has 0 aromatic heterocycles. The average molecular weight is 595 g/mol. The van der Waals surface area contributed by atoms with Gasteiger partial charge >= 0.3 is 11.9 Å². The average Bonchev–Trinajstić information content (AvgIpc) is 2.87. The molecule has 0 spiro atoms. The van der Waals surface area contributed by atoms with E-state index in [1.54, 1.807) is 0 Å². The van der Waals surface area contributed by atoms with Crippen LogP contribution in [0, 0.1) is 23.2 Å². The second kappa shape index (κ2) is 22.2. The summed E-state index contributed by atoms with van der Waals surface area (Å²) in [6, 6.07) is 0. The summed E-state index contributed by atoms with van der Waals surface area (Å²) in [7, 11) is 4.04. The van der Waals surface area contributed by atoms with Gasteiger partial charge in [-0.25, -0.2) is 0 Å². The van der Waals surface area contributed by atoms with E-state index in [0.29, 0.717) is 18.8 Å². The zero-order valence-corrected chi connectivity index (χ0v) is 29.4. The Balaban J connectivity index is 4.92. The first-order chi connectivity index (χ1) is 19.6. The number of esters is 2. The van der Waals surface area contributed by atoms with Crippen molar-refractivity contribution in [1.29, 1.82) is 0 Å². The minimum atomic E-state index is -0.596. The zero-order chi connectivity index (χ0) is 32.2. The van der Waals surface area contributed by atoms with Gasteiger partial charge in [0.15, 0.2) is 0 Å². The molecule has 5 atom stereocenters. The number of nitrogens with two attached hydrogens (primary N) is 1. The molecule has 0 aliphatic carbocycles. The van der Waals surface area contributed by atoms with Gasteiger partial charge in [-0.15, -0.1) is 0 Å². The highest BCUT2D eigenvalue weighted by Gasteiger charge is 2.28. The second-order valence-electron chi connectivity index (χ2n) is 14.8. The van der Waals surface area contributed by atoms with Gasteiger partial charge in [0.25, 0.3) is 0 Å². The number of hydrogen-bond acceptors (Lipinski definition) is 6. The summed E-state index contributed by atoms with van der Waals surface area (Å²) in [6.07, 6.45) is 19.4. The first kappa shape index (κ1) is 40.6. The molecule has 6 heteroatoms. The van der Waals surface area contributed by atoms with Gasteiger partial charge in [0, 0.05) is 12.0 Å². The number of rotatable bonds is 24. The van der Waals surface area contributed by atoms with Crippen LogP contribution in [0.2, 0.25) is 0 Å². The van der Waals surface area contributed by atoms with Crippen LogP contribution in [0.4, 0.5) is 0 Å². The molecule has 0 amide bonds. The molecule has 0 aromatic rings. The van der Waals surface area contributed by atoms with Crippen molar-refractivity contribution < 1.29 is 19.1 Å². The Morgan fingerprint density at radius 1 is 0.833 bits per heavy atom. The van der Waals surface area contributed by atoms with Crippen LogP contribution < -0.4 is 5.73 Å². The Labute approximate surface area is 260 Å². The van der Waals surface area contributed by atoms with Crippen molar-refractivity contribution >= 4 is 11.9 Å². The Hall–Kier alpha value is -1.40. The summed E-state index contributed by atoms with van der Waals surface area (Å²) in [6.45, 7) is 17.7. The summed E-state index contributed by atoms with van der Waals surface area (Å²) >= 11 is 0. The van der Waals surface area contributed by atoms with Crippen LogP contribution in [-0.2, 0) is 19.1 Å². The van der Waals surface area contributed by atoms with Gasteiger partial charge in [-0.05, 0) is 97.8 Å². The van der Waals surface area contributed by atoms with Crippen molar-refractivity contribution in [3.8, 4) is 0 Å². The van der Waals surface area contributed by atoms with Crippen LogP contribution in [-0.4, -0.2) is 55.7 Å². The molecule has 0 aliphatic heterocycles. The monoisotopic (exact) mass is 595 g/mol. The SMILES string of the molecule is CCCCCCCC(C)CCCC(C)CCC(OC(=O)CCCN(C)C)C(C)CC(C)(N)/C=C/COC(=O)C(C)(C)C. The largest absolute Gasteiger partial charge is 0.462 e. The highest BCUT2D eigenvalue weighted by atomic mass is 16.5. The van der Waals surface area contributed by atoms with E-state index < -0.39 is 11.0 Å². The second-order valence-corrected chi connectivity index (χ2v) is 14.8. The lowest BCUT2D eigenvalue weighted by Gasteiger charge is -2.31. The predicted octanol–water partition coefficient (Wildman–Crippen LogP) is 8.71. The molecule has 0 aromatic carbocycles. The summed E-state index contributed by atoms with van der Waals surface area (Å²) in [4.78, 5) is 26.9. The molecule has 0 fully saturated rings. The van der Waals surface area contributed by atoms with E-state index in [2.05, 4.69) is 32.6 Å². The summed E-state index contributed by atoms with van der Waals surface area (Å²) < 4.78 is 11.4. The first-order valence-corrected chi connectivity index (χ1v) is 17.0. The highest BCUT2D eigenvalue weighted by Crippen LogP contribution is 2.27. The molecule has 0 aliphatic rings. The van der Waals surface area contributed by atoms with Gasteiger partial charge in [-0.3, -0.25) is 9.59 Å². The third kappa shape index (κ3) is 22.2. The van der Waals surface area contributed by atoms with Crippen LogP contribution in [0.5, 0.6) is 0 Å². The summed E-state index contributed by atoms with van der Waals surface area (Å²) in [5.74, 6) is 1.18. The number of carbonyl (C=O) groups excluding carboxylic acids is 2. The van der Waals surface area contributed by atoms with Crippen molar-refractivity contribution in [3.63, 3.8) is 0 Å². The molecule has 0 heterocycles. The maximum absolute atomic E-state index is 12.8. The molecular weight excluding hydrogens is 524 g/mol. The normalized spacial score (nSPS) is 16.7. The van der Waals surface area contributed by atoms with E-state index in [9.17, 15) is 9.59 Å². The number of ether oxygens (including phenoxy) is 2. The van der Waals surface area contributed by atoms with Crippen LogP contribution in [0.1, 0.15) is 145 Å². The topological polar surface area (TPSA) is 81.9 Å². The molecule has 0 rings (SSSR count). The first-order valence-electron chi connectivity index (χ1n) is 17.0. The Kier molecular flexibility index (Phi) is 21.4. The van der Waals surface area contributed by atoms with E-state index in [1.807, 2.05) is 53.9 Å². The molecule has 5 unspecified atom stereocenters. The Bertz CT molecular complexity index is 741. The molecule has 0 saturated carbocycles. The van der Waals surface area contributed by atoms with Crippen molar-refractivity contribution in [1.82, 2.24) is 4.90 Å². The molecular formula is C36H70N2O4. The van der Waals surface area contributed by atoms with Gasteiger partial charge in [-0.1, -0.05) is 91.6 Å². The molecule has 248 valence electrons. The number of unbranched alkanes of at least 4 members (excludes halogenated alkanes) is 4. The van der Waals surface area contributed by atoms with Gasteiger partial charge in [0.2, 0.25) is 0 Å². The van der Waals surface area contributed by atoms with Crippen molar-refractivity contribution in [2.75, 3.05) is 27.2 Å². The number of carbonyl (C=O) groups is 2. The number of nitrogens with zero attached hydrogens (tertiary/aromatic N) is 1. The Morgan fingerprint density at radius 2 is 1.43 bits per heavy atom. The maximum atomic E-state index is 12.8. The van der Waals surface area contributed by atoms with Crippen molar-refractivity contribution in [2.24, 2.45) is 28.9 Å². The molecule has 0 bridgehead atoms. The molecule has 2 N–H and O–H groups in total. The zero-order valence-electron chi connectivity index (χ0n) is 29.4. The minimum absolute atomic E-state index is 0.111. The lowest BCUT2D eigenvalue weighted by atomic mass is 9.84. The van der Waals surface area contributed by atoms with Gasteiger partial charge in [0.1, 0.15) is 12.7 Å². The van der Waals surface area contributed by atoms with E-state index in [-0.39, 0.29) is 30.6 Å². The van der Waals surface area contributed by atoms with Crippen molar-refractivity contribution in [2.45, 2.75) is 157 Å². The van der Waals surface area contributed by atoms with E-state index in [1.165, 1.54) is 57.8 Å². The smallest absolute Gasteiger partial charge is 0.311 e. The van der Waals surface area contributed by atoms with Gasteiger partial charge < -0.3 is 20.1 Å². The van der Waals surface area contributed by atoms with Crippen LogP contribution >= 0.6 is 0 Å². The third-order valence-corrected chi connectivity index (χ3v) is 8.23. The van der Waals surface area contributed by atoms with E-state index in [0.717, 1.165) is 31.7 Å². The van der Waals surface area contributed by atoms with Crippen LogP contribution in [0.25, 0.3) is 0 Å². The Morgan fingerprint density at radius 3 is 2.02 bits per heavy atom. The van der Waals surface area contributed by atoms with Crippen LogP contribution in [0.15, 0.2) is 12.2 Å². The fourth-order valence-electron chi connectivity index (χ4n) is 5.43. The maximum Gasteiger partial charge on any atom is 0.311 e. The minimum Gasteiger partial charge on any atom is -0.462 e. The molecule has 42 heavy (non-hydrogen) atoms. The molecule has 0 saturated heterocycles. The lowest BCUT2D eigenvalue weighted by molar-refractivity contribution is -0.153. The third-order valence-electron chi connectivity index (χ3n) is 8.23. The quantitative estimate of drug-likeness (QED) is 0.0684. The van der Waals surface area contributed by atoms with Crippen LogP contribution in [0.3, 0.4) is 0 Å². The summed E-state index contributed by atoms with van der Waals surface area (Å²) in [5, 5.41) is 0. The van der Waals surface area contributed by atoms with E-state index >= 15 is 0 Å². The predicted molar refractivity (Wildman–Crippen MR) is 178 cm³/mol. The molecule has 0 radical (unpaired) electrons. The molecule has 6 nitrogen and oxygen atoms in total.